The molecule has 1 aromatic heterocycles. The molecule has 0 spiro atoms. The number of benzene rings is 1. The van der Waals surface area contributed by atoms with Gasteiger partial charge in [-0.1, -0.05) is 6.92 Å². The van der Waals surface area contributed by atoms with E-state index in [2.05, 4.69) is 5.32 Å². The van der Waals surface area contributed by atoms with Gasteiger partial charge in [0, 0.05) is 32.2 Å². The lowest BCUT2D eigenvalue weighted by Crippen LogP contribution is -2.41. The monoisotopic (exact) mass is 339 g/mol. The lowest BCUT2D eigenvalue weighted by Gasteiger charge is -2.27. The summed E-state index contributed by atoms with van der Waals surface area (Å²) in [7, 11) is -2.03. The Morgan fingerprint density at radius 1 is 1.43 bits per heavy atom. The summed E-state index contributed by atoms with van der Waals surface area (Å²) in [6.45, 7) is 3.94. The summed E-state index contributed by atoms with van der Waals surface area (Å²) in [5, 5.41) is 3.21. The van der Waals surface area contributed by atoms with Gasteiger partial charge in [0.15, 0.2) is 5.58 Å². The first kappa shape index (κ1) is 16.2. The number of nitrogens with zero attached hydrogens (tertiary/aromatic N) is 2. The molecule has 8 heteroatoms. The van der Waals surface area contributed by atoms with Gasteiger partial charge in [-0.05, 0) is 31.5 Å². The van der Waals surface area contributed by atoms with Gasteiger partial charge >= 0.3 is 5.76 Å². The minimum Gasteiger partial charge on any atom is -0.408 e. The predicted octanol–water partition coefficient (Wildman–Crippen LogP) is 0.894. The quantitative estimate of drug-likeness (QED) is 0.875. The molecule has 2 heterocycles. The maximum Gasteiger partial charge on any atom is 0.419 e. The second-order valence-corrected chi connectivity index (χ2v) is 7.71. The van der Waals surface area contributed by atoms with Crippen molar-refractivity contribution in [2.75, 3.05) is 19.6 Å². The van der Waals surface area contributed by atoms with Gasteiger partial charge in [-0.25, -0.2) is 13.2 Å². The molecule has 1 N–H and O–H groups in total. The molecule has 0 aliphatic carbocycles. The Balaban J connectivity index is 2.04. The number of hydrogen-bond donors (Lipinski definition) is 1. The van der Waals surface area contributed by atoms with Crippen molar-refractivity contribution in [2.45, 2.75) is 30.7 Å². The number of rotatable bonds is 5. The number of fused-ring (bicyclic) bond motifs is 1. The van der Waals surface area contributed by atoms with E-state index in [9.17, 15) is 13.2 Å². The highest BCUT2D eigenvalue weighted by Gasteiger charge is 2.32. The van der Waals surface area contributed by atoms with E-state index in [1.165, 1.54) is 16.7 Å². The van der Waals surface area contributed by atoms with Gasteiger partial charge in [-0.15, -0.1) is 0 Å². The fraction of sp³-hybridized carbons (Fsp3) is 0.533. The van der Waals surface area contributed by atoms with Crippen molar-refractivity contribution in [1.82, 2.24) is 14.2 Å². The third kappa shape index (κ3) is 2.82. The minimum absolute atomic E-state index is 0.0292. The smallest absolute Gasteiger partial charge is 0.408 e. The first-order valence-electron chi connectivity index (χ1n) is 7.77. The molecular formula is C15H21N3O4S. The zero-order valence-corrected chi connectivity index (χ0v) is 14.1. The normalized spacial score (nSPS) is 19.0. The van der Waals surface area contributed by atoms with Crippen molar-refractivity contribution in [2.24, 2.45) is 7.05 Å². The van der Waals surface area contributed by atoms with Gasteiger partial charge in [-0.2, -0.15) is 4.31 Å². The van der Waals surface area contributed by atoms with Crippen LogP contribution < -0.4 is 11.1 Å². The SMILES string of the molecule is CCCN(C1CCNC1)S(=O)(=O)c1ccc2c(c1)oc(=O)n2C. The summed E-state index contributed by atoms with van der Waals surface area (Å²) in [6, 6.07) is 4.57. The van der Waals surface area contributed by atoms with Gasteiger partial charge in [-0.3, -0.25) is 4.57 Å². The van der Waals surface area contributed by atoms with E-state index in [0.717, 1.165) is 19.4 Å². The third-order valence-corrected chi connectivity index (χ3v) is 6.20. The molecular weight excluding hydrogens is 318 g/mol. The highest BCUT2D eigenvalue weighted by atomic mass is 32.2. The summed E-state index contributed by atoms with van der Waals surface area (Å²) in [6.07, 6.45) is 1.56. The van der Waals surface area contributed by atoms with Gasteiger partial charge in [0.1, 0.15) is 0 Å². The van der Waals surface area contributed by atoms with Crippen LogP contribution in [0.25, 0.3) is 11.1 Å². The summed E-state index contributed by atoms with van der Waals surface area (Å²) < 4.78 is 34.1. The molecule has 126 valence electrons. The Hall–Kier alpha value is -1.64. The van der Waals surface area contributed by atoms with Crippen LogP contribution in [0.15, 0.2) is 32.3 Å². The van der Waals surface area contributed by atoms with E-state index in [4.69, 9.17) is 4.42 Å². The Labute approximate surface area is 134 Å². The van der Waals surface area contributed by atoms with Crippen LogP contribution in [0.5, 0.6) is 0 Å². The Bertz CT molecular complexity index is 862. The molecule has 1 fully saturated rings. The van der Waals surface area contributed by atoms with Crippen LogP contribution in [0.1, 0.15) is 19.8 Å². The van der Waals surface area contributed by atoms with E-state index < -0.39 is 15.8 Å². The van der Waals surface area contributed by atoms with E-state index >= 15 is 0 Å². The largest absolute Gasteiger partial charge is 0.419 e. The zero-order chi connectivity index (χ0) is 16.6. The molecule has 23 heavy (non-hydrogen) atoms. The molecule has 1 saturated heterocycles. The highest BCUT2D eigenvalue weighted by molar-refractivity contribution is 7.89. The van der Waals surface area contributed by atoms with Crippen molar-refractivity contribution in [3.63, 3.8) is 0 Å². The van der Waals surface area contributed by atoms with Crippen LogP contribution in [-0.2, 0) is 17.1 Å². The maximum absolute atomic E-state index is 13.0. The minimum atomic E-state index is -3.62. The van der Waals surface area contributed by atoms with Gasteiger partial charge in [0.2, 0.25) is 10.0 Å². The van der Waals surface area contributed by atoms with Gasteiger partial charge in [0.25, 0.3) is 0 Å². The fourth-order valence-corrected chi connectivity index (χ4v) is 4.78. The fourth-order valence-electron chi connectivity index (χ4n) is 3.01. The molecule has 2 aromatic rings. The van der Waals surface area contributed by atoms with E-state index in [1.54, 1.807) is 17.4 Å². The number of sulfonamides is 1. The van der Waals surface area contributed by atoms with Crippen molar-refractivity contribution in [3.05, 3.63) is 28.7 Å². The number of nitrogens with one attached hydrogen (secondary N) is 1. The Kier molecular flexibility index (Phi) is 4.31. The standard InChI is InChI=1S/C15H21N3O4S/c1-3-8-18(11-6-7-16-10-11)23(20,21)12-4-5-13-14(9-12)22-15(19)17(13)2/h4-5,9,11,16H,3,6-8,10H2,1-2H3. The molecule has 1 aliphatic rings. The van der Waals surface area contributed by atoms with E-state index in [0.29, 0.717) is 24.2 Å². The van der Waals surface area contributed by atoms with Crippen LogP contribution in [0.3, 0.4) is 0 Å². The van der Waals surface area contributed by atoms with Crippen LogP contribution in [0.2, 0.25) is 0 Å². The molecule has 1 atom stereocenters. The third-order valence-electron chi connectivity index (χ3n) is 4.26. The Morgan fingerprint density at radius 2 is 2.22 bits per heavy atom. The lowest BCUT2D eigenvalue weighted by atomic mass is 10.2. The summed E-state index contributed by atoms with van der Waals surface area (Å²) in [5.41, 5.74) is 0.873. The van der Waals surface area contributed by atoms with Gasteiger partial charge < -0.3 is 9.73 Å². The van der Waals surface area contributed by atoms with Crippen LogP contribution in [0, 0.1) is 0 Å². The molecule has 0 saturated carbocycles. The molecule has 1 unspecified atom stereocenters. The van der Waals surface area contributed by atoms with Crippen LogP contribution in [0.4, 0.5) is 0 Å². The lowest BCUT2D eigenvalue weighted by molar-refractivity contribution is 0.335. The van der Waals surface area contributed by atoms with Crippen molar-refractivity contribution < 1.29 is 12.8 Å². The second-order valence-electron chi connectivity index (χ2n) is 5.82. The van der Waals surface area contributed by atoms with E-state index in [1.807, 2.05) is 6.92 Å². The number of oxazole rings is 1. The topological polar surface area (TPSA) is 84.6 Å². The average Bonchev–Trinajstić information content (AvgIpc) is 3.13. The number of hydrogen-bond acceptors (Lipinski definition) is 5. The van der Waals surface area contributed by atoms with Crippen LogP contribution in [-0.4, -0.2) is 43.0 Å². The van der Waals surface area contributed by atoms with E-state index in [-0.39, 0.29) is 10.9 Å². The highest BCUT2D eigenvalue weighted by Crippen LogP contribution is 2.24. The van der Waals surface area contributed by atoms with Crippen LogP contribution >= 0.6 is 0 Å². The summed E-state index contributed by atoms with van der Waals surface area (Å²) in [5.74, 6) is -0.500. The summed E-state index contributed by atoms with van der Waals surface area (Å²) >= 11 is 0. The van der Waals surface area contributed by atoms with Crippen molar-refractivity contribution >= 4 is 21.1 Å². The summed E-state index contributed by atoms with van der Waals surface area (Å²) in [4.78, 5) is 11.7. The molecule has 0 bridgehead atoms. The number of aromatic nitrogens is 1. The first-order chi connectivity index (χ1) is 10.9. The van der Waals surface area contributed by atoms with Crippen molar-refractivity contribution in [1.29, 1.82) is 0 Å². The van der Waals surface area contributed by atoms with Crippen molar-refractivity contribution in [3.8, 4) is 0 Å². The first-order valence-corrected chi connectivity index (χ1v) is 9.21. The molecule has 0 amide bonds. The predicted molar refractivity (Wildman–Crippen MR) is 86.9 cm³/mol. The Morgan fingerprint density at radius 3 is 2.87 bits per heavy atom. The molecule has 3 rings (SSSR count). The van der Waals surface area contributed by atoms with Gasteiger partial charge in [0.05, 0.1) is 10.4 Å². The molecule has 1 aliphatic heterocycles. The molecule has 1 aromatic carbocycles. The average molecular weight is 339 g/mol. The molecule has 7 nitrogen and oxygen atoms in total. The second kappa shape index (κ2) is 6.10. The molecule has 0 radical (unpaired) electrons. The maximum atomic E-state index is 13.0. The number of aryl methyl sites for hydroxylation is 1. The zero-order valence-electron chi connectivity index (χ0n) is 13.3.